The Morgan fingerprint density at radius 1 is 1.00 bits per heavy atom. The number of para-hydroxylation sites is 1. The molecule has 0 amide bonds. The van der Waals surface area contributed by atoms with E-state index >= 15 is 0 Å². The third-order valence-corrected chi connectivity index (χ3v) is 2.79. The van der Waals surface area contributed by atoms with Crippen LogP contribution in [0.5, 0.6) is 17.2 Å². The Labute approximate surface area is 99.6 Å². The summed E-state index contributed by atoms with van der Waals surface area (Å²) in [4.78, 5) is 0. The van der Waals surface area contributed by atoms with E-state index in [0.29, 0.717) is 6.79 Å². The fourth-order valence-corrected chi connectivity index (χ4v) is 1.95. The van der Waals surface area contributed by atoms with Crippen LogP contribution >= 0.6 is 0 Å². The Bertz CT molecular complexity index is 549. The lowest BCUT2D eigenvalue weighted by atomic mass is 10.0. The van der Waals surface area contributed by atoms with Crippen LogP contribution < -0.4 is 14.2 Å². The fraction of sp³-hybridized carbons (Fsp3) is 0.143. The van der Waals surface area contributed by atoms with Gasteiger partial charge in [0.1, 0.15) is 5.75 Å². The van der Waals surface area contributed by atoms with Crippen LogP contribution in [0, 0.1) is 0 Å². The molecule has 1 aliphatic heterocycles. The predicted molar refractivity (Wildman–Crippen MR) is 64.6 cm³/mol. The van der Waals surface area contributed by atoms with Crippen molar-refractivity contribution in [2.45, 2.75) is 0 Å². The van der Waals surface area contributed by atoms with Crippen LogP contribution in [0.2, 0.25) is 0 Å². The van der Waals surface area contributed by atoms with E-state index in [1.807, 2.05) is 42.5 Å². The lowest BCUT2D eigenvalue weighted by molar-refractivity contribution is 0.174. The van der Waals surface area contributed by atoms with E-state index in [0.717, 1.165) is 28.4 Å². The Kier molecular flexibility index (Phi) is 2.37. The van der Waals surface area contributed by atoms with Crippen LogP contribution in [0.4, 0.5) is 0 Å². The molecule has 2 aromatic carbocycles. The molecule has 0 saturated heterocycles. The molecular formula is C14H12O3. The zero-order valence-electron chi connectivity index (χ0n) is 9.47. The van der Waals surface area contributed by atoms with Gasteiger partial charge in [-0.1, -0.05) is 24.3 Å². The minimum absolute atomic E-state index is 0.296. The molecule has 2 aromatic rings. The van der Waals surface area contributed by atoms with Crippen LogP contribution in [0.3, 0.4) is 0 Å². The summed E-state index contributed by atoms with van der Waals surface area (Å²) < 4.78 is 16.0. The van der Waals surface area contributed by atoms with Crippen LogP contribution in [-0.4, -0.2) is 13.9 Å². The van der Waals surface area contributed by atoms with E-state index in [-0.39, 0.29) is 0 Å². The SMILES string of the molecule is COc1ccccc1-c1ccc2c(c1)OCO2. The molecule has 0 spiro atoms. The molecule has 0 aromatic heterocycles. The van der Waals surface area contributed by atoms with Gasteiger partial charge in [0, 0.05) is 5.56 Å². The number of ether oxygens (including phenoxy) is 3. The smallest absolute Gasteiger partial charge is 0.231 e. The summed E-state index contributed by atoms with van der Waals surface area (Å²) in [6.07, 6.45) is 0. The van der Waals surface area contributed by atoms with Crippen molar-refractivity contribution in [2.24, 2.45) is 0 Å². The van der Waals surface area contributed by atoms with Crippen molar-refractivity contribution in [1.82, 2.24) is 0 Å². The van der Waals surface area contributed by atoms with E-state index in [4.69, 9.17) is 14.2 Å². The van der Waals surface area contributed by atoms with Crippen molar-refractivity contribution in [3.8, 4) is 28.4 Å². The zero-order chi connectivity index (χ0) is 11.7. The first-order chi connectivity index (χ1) is 8.38. The highest BCUT2D eigenvalue weighted by Crippen LogP contribution is 2.38. The van der Waals surface area contributed by atoms with Crippen LogP contribution in [0.15, 0.2) is 42.5 Å². The highest BCUT2D eigenvalue weighted by molar-refractivity contribution is 5.73. The maximum absolute atomic E-state index is 5.37. The molecule has 17 heavy (non-hydrogen) atoms. The highest BCUT2D eigenvalue weighted by Gasteiger charge is 2.14. The molecule has 0 N–H and O–H groups in total. The normalized spacial score (nSPS) is 12.5. The summed E-state index contributed by atoms with van der Waals surface area (Å²) in [5.74, 6) is 2.43. The molecule has 0 saturated carbocycles. The van der Waals surface area contributed by atoms with E-state index in [1.54, 1.807) is 7.11 Å². The lowest BCUT2D eigenvalue weighted by Crippen LogP contribution is -1.92. The minimum Gasteiger partial charge on any atom is -0.496 e. The molecule has 0 radical (unpaired) electrons. The van der Waals surface area contributed by atoms with Gasteiger partial charge in [-0.15, -0.1) is 0 Å². The topological polar surface area (TPSA) is 27.7 Å². The molecule has 3 heteroatoms. The van der Waals surface area contributed by atoms with Gasteiger partial charge in [0.05, 0.1) is 7.11 Å². The molecule has 1 heterocycles. The van der Waals surface area contributed by atoms with E-state index in [9.17, 15) is 0 Å². The Hall–Kier alpha value is -2.16. The Morgan fingerprint density at radius 3 is 2.71 bits per heavy atom. The summed E-state index contributed by atoms with van der Waals surface area (Å²) >= 11 is 0. The third-order valence-electron chi connectivity index (χ3n) is 2.79. The largest absolute Gasteiger partial charge is 0.496 e. The molecule has 0 aliphatic carbocycles. The van der Waals surface area contributed by atoms with Crippen molar-refractivity contribution in [3.63, 3.8) is 0 Å². The van der Waals surface area contributed by atoms with E-state index < -0.39 is 0 Å². The predicted octanol–water partition coefficient (Wildman–Crippen LogP) is 3.09. The number of methoxy groups -OCH3 is 1. The monoisotopic (exact) mass is 228 g/mol. The lowest BCUT2D eigenvalue weighted by Gasteiger charge is -2.08. The number of benzene rings is 2. The standard InChI is InChI=1S/C14H12O3/c1-15-12-5-3-2-4-11(12)10-6-7-13-14(8-10)17-9-16-13/h2-8H,9H2,1H3. The van der Waals surface area contributed by atoms with Gasteiger partial charge in [-0.2, -0.15) is 0 Å². The van der Waals surface area contributed by atoms with Gasteiger partial charge in [-0.25, -0.2) is 0 Å². The number of fused-ring (bicyclic) bond motifs is 1. The van der Waals surface area contributed by atoms with Crippen molar-refractivity contribution >= 4 is 0 Å². The second-order valence-corrected chi connectivity index (χ2v) is 3.77. The zero-order valence-corrected chi connectivity index (χ0v) is 9.47. The minimum atomic E-state index is 0.296. The van der Waals surface area contributed by atoms with Gasteiger partial charge in [-0.05, 0) is 23.8 Å². The van der Waals surface area contributed by atoms with Crippen LogP contribution in [-0.2, 0) is 0 Å². The van der Waals surface area contributed by atoms with Crippen molar-refractivity contribution in [3.05, 3.63) is 42.5 Å². The molecule has 3 rings (SSSR count). The summed E-state index contributed by atoms with van der Waals surface area (Å²) in [6, 6.07) is 13.8. The fourth-order valence-electron chi connectivity index (χ4n) is 1.95. The first kappa shape index (κ1) is 10.0. The van der Waals surface area contributed by atoms with Crippen molar-refractivity contribution < 1.29 is 14.2 Å². The number of hydrogen-bond acceptors (Lipinski definition) is 3. The second kappa shape index (κ2) is 4.01. The summed E-state index contributed by atoms with van der Waals surface area (Å²) in [5.41, 5.74) is 2.11. The Morgan fingerprint density at radius 2 is 1.82 bits per heavy atom. The van der Waals surface area contributed by atoms with Crippen LogP contribution in [0.25, 0.3) is 11.1 Å². The molecule has 86 valence electrons. The molecule has 3 nitrogen and oxygen atoms in total. The van der Waals surface area contributed by atoms with Gasteiger partial charge in [0.25, 0.3) is 0 Å². The first-order valence-corrected chi connectivity index (χ1v) is 5.41. The molecule has 0 atom stereocenters. The van der Waals surface area contributed by atoms with E-state index in [2.05, 4.69) is 0 Å². The number of rotatable bonds is 2. The second-order valence-electron chi connectivity index (χ2n) is 3.77. The maximum Gasteiger partial charge on any atom is 0.231 e. The van der Waals surface area contributed by atoms with E-state index in [1.165, 1.54) is 0 Å². The molecule has 0 unspecified atom stereocenters. The molecule has 1 aliphatic rings. The maximum atomic E-state index is 5.37. The summed E-state index contributed by atoms with van der Waals surface area (Å²) in [7, 11) is 1.67. The molecule has 0 fully saturated rings. The third kappa shape index (κ3) is 1.69. The van der Waals surface area contributed by atoms with Crippen LogP contribution in [0.1, 0.15) is 0 Å². The summed E-state index contributed by atoms with van der Waals surface area (Å²) in [5, 5.41) is 0. The quantitative estimate of drug-likeness (QED) is 0.790. The van der Waals surface area contributed by atoms with Crippen molar-refractivity contribution in [1.29, 1.82) is 0 Å². The van der Waals surface area contributed by atoms with Crippen molar-refractivity contribution in [2.75, 3.05) is 13.9 Å². The van der Waals surface area contributed by atoms with Gasteiger partial charge in [0.2, 0.25) is 6.79 Å². The first-order valence-electron chi connectivity index (χ1n) is 5.41. The Balaban J connectivity index is 2.09. The highest BCUT2D eigenvalue weighted by atomic mass is 16.7. The molecule has 0 bridgehead atoms. The van der Waals surface area contributed by atoms with Gasteiger partial charge < -0.3 is 14.2 Å². The van der Waals surface area contributed by atoms with Gasteiger partial charge >= 0.3 is 0 Å². The average molecular weight is 228 g/mol. The molecular weight excluding hydrogens is 216 g/mol. The number of hydrogen-bond donors (Lipinski definition) is 0. The van der Waals surface area contributed by atoms with Gasteiger partial charge in [-0.3, -0.25) is 0 Å². The van der Waals surface area contributed by atoms with Gasteiger partial charge in [0.15, 0.2) is 11.5 Å². The summed E-state index contributed by atoms with van der Waals surface area (Å²) in [6.45, 7) is 0.296. The average Bonchev–Trinajstić information content (AvgIpc) is 2.85.